The van der Waals surface area contributed by atoms with Gasteiger partial charge in [0.05, 0.1) is 6.54 Å². The number of piperidine rings is 2. The van der Waals surface area contributed by atoms with Gasteiger partial charge >= 0.3 is 6.18 Å². The average molecular weight is 438 g/mol. The molecule has 2 saturated heterocycles. The largest absolute Gasteiger partial charge is 0.401 e. The smallest absolute Gasteiger partial charge is 0.322 e. The van der Waals surface area contributed by atoms with Crippen LogP contribution in [0.2, 0.25) is 0 Å². The van der Waals surface area contributed by atoms with Crippen molar-refractivity contribution in [3.63, 3.8) is 0 Å². The average Bonchev–Trinajstić information content (AvgIpc) is 3.04. The fraction of sp³-hybridized carbons (Fsp3) is 0.571. The maximum absolute atomic E-state index is 12.9. The van der Waals surface area contributed by atoms with Gasteiger partial charge in [0, 0.05) is 31.1 Å². The van der Waals surface area contributed by atoms with E-state index in [-0.39, 0.29) is 24.3 Å². The molecule has 1 unspecified atom stereocenters. The van der Waals surface area contributed by atoms with Crippen molar-refractivity contribution in [2.45, 2.75) is 57.0 Å². The number of nitrogens with zero attached hydrogens (tertiary/aromatic N) is 2. The Bertz CT molecular complexity index is 881. The van der Waals surface area contributed by atoms with Gasteiger partial charge in [0.1, 0.15) is 6.04 Å². The van der Waals surface area contributed by atoms with Gasteiger partial charge in [-0.3, -0.25) is 24.6 Å². The maximum Gasteiger partial charge on any atom is 0.401 e. The summed E-state index contributed by atoms with van der Waals surface area (Å²) in [5, 5.41) is 4.88. The zero-order valence-corrected chi connectivity index (χ0v) is 17.0. The second-order valence-corrected chi connectivity index (χ2v) is 8.39. The lowest BCUT2D eigenvalue weighted by Gasteiger charge is -2.33. The van der Waals surface area contributed by atoms with Crippen molar-refractivity contribution in [1.82, 2.24) is 20.4 Å². The number of hydrogen-bond donors (Lipinski definition) is 2. The van der Waals surface area contributed by atoms with Crippen molar-refractivity contribution in [2.24, 2.45) is 0 Å². The molecule has 0 spiro atoms. The highest BCUT2D eigenvalue weighted by atomic mass is 19.4. The first-order valence-electron chi connectivity index (χ1n) is 10.5. The summed E-state index contributed by atoms with van der Waals surface area (Å²) in [5.74, 6) is -0.965. The molecule has 0 saturated carbocycles. The Morgan fingerprint density at radius 2 is 1.84 bits per heavy atom. The summed E-state index contributed by atoms with van der Waals surface area (Å²) in [6.45, 7) is 1.29. The van der Waals surface area contributed by atoms with Gasteiger partial charge in [-0.2, -0.15) is 13.2 Å². The van der Waals surface area contributed by atoms with Crippen molar-refractivity contribution in [3.05, 3.63) is 34.9 Å². The van der Waals surface area contributed by atoms with E-state index in [4.69, 9.17) is 0 Å². The van der Waals surface area contributed by atoms with Crippen LogP contribution in [0.5, 0.6) is 0 Å². The highest BCUT2D eigenvalue weighted by Crippen LogP contribution is 2.31. The lowest BCUT2D eigenvalue weighted by Crippen LogP contribution is -2.52. The predicted molar refractivity (Wildman–Crippen MR) is 105 cm³/mol. The maximum atomic E-state index is 12.9. The van der Waals surface area contributed by atoms with Crippen molar-refractivity contribution >= 4 is 17.7 Å². The Morgan fingerprint density at radius 1 is 1.10 bits per heavy atom. The summed E-state index contributed by atoms with van der Waals surface area (Å²) in [6.07, 6.45) is -2.42. The third kappa shape index (κ3) is 4.90. The van der Waals surface area contributed by atoms with E-state index in [2.05, 4.69) is 15.5 Å². The van der Waals surface area contributed by atoms with Crippen LogP contribution in [0.15, 0.2) is 18.2 Å². The van der Waals surface area contributed by atoms with Crippen LogP contribution in [-0.4, -0.2) is 65.4 Å². The number of fused-ring (bicyclic) bond motifs is 1. The number of hydrogen-bond acceptors (Lipinski definition) is 5. The molecule has 3 aliphatic rings. The van der Waals surface area contributed by atoms with Gasteiger partial charge in [0.2, 0.25) is 11.8 Å². The van der Waals surface area contributed by atoms with Crippen LogP contribution in [0, 0.1) is 0 Å². The van der Waals surface area contributed by atoms with Crippen molar-refractivity contribution in [3.8, 4) is 0 Å². The van der Waals surface area contributed by atoms with Crippen LogP contribution in [0.1, 0.15) is 47.2 Å². The third-order valence-electron chi connectivity index (χ3n) is 6.25. The summed E-state index contributed by atoms with van der Waals surface area (Å²) >= 11 is 0. The van der Waals surface area contributed by atoms with Crippen LogP contribution < -0.4 is 10.6 Å². The molecule has 4 rings (SSSR count). The molecular weight excluding hydrogens is 413 g/mol. The number of imide groups is 1. The zero-order valence-electron chi connectivity index (χ0n) is 17.0. The van der Waals surface area contributed by atoms with Gasteiger partial charge in [0.25, 0.3) is 5.91 Å². The monoisotopic (exact) mass is 438 g/mol. The summed E-state index contributed by atoms with van der Waals surface area (Å²) in [5.41, 5.74) is 2.45. The molecule has 0 bridgehead atoms. The molecular formula is C21H25F3N4O3. The van der Waals surface area contributed by atoms with Gasteiger partial charge in [-0.15, -0.1) is 0 Å². The number of alkyl halides is 3. The molecule has 1 aromatic rings. The second kappa shape index (κ2) is 8.58. The van der Waals surface area contributed by atoms with E-state index in [1.807, 2.05) is 12.1 Å². The fourth-order valence-electron chi connectivity index (χ4n) is 4.59. The third-order valence-corrected chi connectivity index (χ3v) is 6.25. The van der Waals surface area contributed by atoms with E-state index in [0.29, 0.717) is 51.0 Å². The Morgan fingerprint density at radius 3 is 2.52 bits per heavy atom. The van der Waals surface area contributed by atoms with E-state index in [9.17, 15) is 27.6 Å². The van der Waals surface area contributed by atoms with E-state index in [1.54, 1.807) is 6.07 Å². The van der Waals surface area contributed by atoms with Gasteiger partial charge in [-0.25, -0.2) is 0 Å². The molecule has 1 atom stereocenters. The van der Waals surface area contributed by atoms with E-state index < -0.39 is 24.7 Å². The molecule has 3 heterocycles. The number of likely N-dealkylation sites (tertiary alicyclic amines) is 1. The van der Waals surface area contributed by atoms with E-state index in [1.165, 1.54) is 4.90 Å². The second-order valence-electron chi connectivity index (χ2n) is 8.39. The van der Waals surface area contributed by atoms with Gasteiger partial charge < -0.3 is 10.2 Å². The first kappa shape index (κ1) is 21.8. The first-order valence-corrected chi connectivity index (χ1v) is 10.5. The van der Waals surface area contributed by atoms with Crippen LogP contribution >= 0.6 is 0 Å². The number of carbonyl (C=O) groups excluding carboxylic acids is 3. The number of nitrogens with one attached hydrogen (secondary N) is 2. The number of carbonyl (C=O) groups is 3. The molecule has 2 N–H and O–H groups in total. The number of rotatable bonds is 5. The van der Waals surface area contributed by atoms with Crippen LogP contribution in [0.4, 0.5) is 13.2 Å². The first-order chi connectivity index (χ1) is 14.7. The molecule has 1 aromatic carbocycles. The Hall–Kier alpha value is -2.46. The van der Waals surface area contributed by atoms with Gasteiger partial charge in [0.15, 0.2) is 0 Å². The van der Waals surface area contributed by atoms with E-state index >= 15 is 0 Å². The summed E-state index contributed by atoms with van der Waals surface area (Å²) in [6, 6.07) is 4.72. The number of benzene rings is 1. The molecule has 2 fully saturated rings. The minimum Gasteiger partial charge on any atom is -0.322 e. The fourth-order valence-corrected chi connectivity index (χ4v) is 4.59. The molecule has 3 amide bonds. The predicted octanol–water partition coefficient (Wildman–Crippen LogP) is 1.56. The van der Waals surface area contributed by atoms with Gasteiger partial charge in [-0.1, -0.05) is 12.1 Å². The minimum absolute atomic E-state index is 0.149. The van der Waals surface area contributed by atoms with E-state index in [0.717, 1.165) is 11.1 Å². The standard InChI is InChI=1S/C21H25F3N4O3/c22-21(23,24)12-25-14-6-8-27(9-7-14)10-13-2-1-3-15-16(13)11-28(20(15)31)17-4-5-18(29)26-19(17)30/h1-3,14,17,25H,4-12H2,(H,26,29,30). The normalized spacial score (nSPS) is 23.3. The summed E-state index contributed by atoms with van der Waals surface area (Å²) in [4.78, 5) is 40.3. The molecule has 3 aliphatic heterocycles. The summed E-state index contributed by atoms with van der Waals surface area (Å²) < 4.78 is 37.2. The van der Waals surface area contributed by atoms with Crippen molar-refractivity contribution in [1.29, 1.82) is 0 Å². The Kier molecular flexibility index (Phi) is 6.02. The molecule has 0 aromatic heterocycles. The van der Waals surface area contributed by atoms with Crippen LogP contribution in [0.25, 0.3) is 0 Å². The molecule has 0 radical (unpaired) electrons. The highest BCUT2D eigenvalue weighted by Gasteiger charge is 2.40. The number of halogens is 3. The molecule has 168 valence electrons. The lowest BCUT2D eigenvalue weighted by atomic mass is 10.0. The lowest BCUT2D eigenvalue weighted by molar-refractivity contribution is -0.137. The van der Waals surface area contributed by atoms with Crippen LogP contribution in [-0.2, 0) is 22.7 Å². The molecule has 0 aliphatic carbocycles. The summed E-state index contributed by atoms with van der Waals surface area (Å²) in [7, 11) is 0. The van der Waals surface area contributed by atoms with Gasteiger partial charge in [-0.05, 0) is 49.5 Å². The Balaban J connectivity index is 1.38. The van der Waals surface area contributed by atoms with Crippen molar-refractivity contribution in [2.75, 3.05) is 19.6 Å². The SMILES string of the molecule is O=C1CCC(N2Cc3c(CN4CCC(NCC(F)(F)F)CC4)cccc3C2=O)C(=O)N1. The minimum atomic E-state index is -4.21. The molecule has 31 heavy (non-hydrogen) atoms. The zero-order chi connectivity index (χ0) is 22.2. The van der Waals surface area contributed by atoms with Crippen molar-refractivity contribution < 1.29 is 27.6 Å². The number of amides is 3. The molecule has 10 heteroatoms. The molecule has 7 nitrogen and oxygen atoms in total. The highest BCUT2D eigenvalue weighted by molar-refractivity contribution is 6.05. The van der Waals surface area contributed by atoms with Crippen LogP contribution in [0.3, 0.4) is 0 Å². The topological polar surface area (TPSA) is 81.8 Å². The Labute approximate surface area is 177 Å². The quantitative estimate of drug-likeness (QED) is 0.682.